The predicted octanol–water partition coefficient (Wildman–Crippen LogP) is 3.29. The Bertz CT molecular complexity index is 390. The fourth-order valence-corrected chi connectivity index (χ4v) is 3.16. The van der Waals surface area contributed by atoms with Crippen LogP contribution in [0.2, 0.25) is 0 Å². The Morgan fingerprint density at radius 3 is 2.88 bits per heavy atom. The first kappa shape index (κ1) is 11.1. The van der Waals surface area contributed by atoms with Gasteiger partial charge in [0, 0.05) is 24.1 Å². The minimum Gasteiger partial charge on any atom is -0.493 e. The van der Waals surface area contributed by atoms with Crippen molar-refractivity contribution in [3.8, 4) is 5.75 Å². The largest absolute Gasteiger partial charge is 0.493 e. The zero-order valence-corrected chi connectivity index (χ0v) is 10.5. The smallest absolute Gasteiger partial charge is 0.124 e. The summed E-state index contributed by atoms with van der Waals surface area (Å²) in [6.07, 6.45) is 5.14. The molecule has 3 unspecified atom stereocenters. The molecule has 1 saturated carbocycles. The van der Waals surface area contributed by atoms with Crippen LogP contribution in [-0.2, 0) is 0 Å². The number of hydrogen-bond acceptors (Lipinski definition) is 2. The van der Waals surface area contributed by atoms with Crippen LogP contribution in [0, 0.1) is 5.92 Å². The van der Waals surface area contributed by atoms with Crippen molar-refractivity contribution in [2.45, 2.75) is 44.7 Å². The first-order chi connectivity index (χ1) is 8.33. The van der Waals surface area contributed by atoms with Crippen LogP contribution >= 0.6 is 0 Å². The molecule has 2 aliphatic rings. The lowest BCUT2D eigenvalue weighted by molar-refractivity contribution is 0.243. The van der Waals surface area contributed by atoms with Crippen LogP contribution in [0.3, 0.4) is 0 Å². The van der Waals surface area contributed by atoms with E-state index in [1.54, 1.807) is 0 Å². The van der Waals surface area contributed by atoms with Gasteiger partial charge in [0.15, 0.2) is 0 Å². The number of hydrogen-bond donors (Lipinski definition) is 1. The van der Waals surface area contributed by atoms with Crippen molar-refractivity contribution in [3.05, 3.63) is 29.8 Å². The minimum absolute atomic E-state index is 0.496. The molecule has 0 amide bonds. The highest BCUT2D eigenvalue weighted by molar-refractivity contribution is 5.37. The number of fused-ring (bicyclic) bond motifs is 1. The highest BCUT2D eigenvalue weighted by atomic mass is 16.5. The average molecular weight is 231 g/mol. The van der Waals surface area contributed by atoms with Gasteiger partial charge in [-0.25, -0.2) is 0 Å². The quantitative estimate of drug-likeness (QED) is 0.843. The van der Waals surface area contributed by atoms with Crippen molar-refractivity contribution in [1.82, 2.24) is 5.32 Å². The molecule has 3 rings (SSSR count). The molecule has 0 spiro atoms. The molecule has 0 saturated heterocycles. The second-order valence-corrected chi connectivity index (χ2v) is 5.51. The van der Waals surface area contributed by atoms with Gasteiger partial charge >= 0.3 is 0 Å². The lowest BCUT2D eigenvalue weighted by Gasteiger charge is -2.29. The van der Waals surface area contributed by atoms with E-state index in [0.717, 1.165) is 24.7 Å². The van der Waals surface area contributed by atoms with E-state index in [9.17, 15) is 0 Å². The first-order valence-corrected chi connectivity index (χ1v) is 6.80. The normalized spacial score (nSPS) is 31.9. The summed E-state index contributed by atoms with van der Waals surface area (Å²) in [6.45, 7) is 3.20. The van der Waals surface area contributed by atoms with Gasteiger partial charge in [-0.1, -0.05) is 25.1 Å². The van der Waals surface area contributed by atoms with Crippen molar-refractivity contribution >= 4 is 0 Å². The Hall–Kier alpha value is -1.02. The summed E-state index contributed by atoms with van der Waals surface area (Å²) in [5, 5.41) is 3.82. The maximum atomic E-state index is 5.70. The Morgan fingerprint density at radius 2 is 2.06 bits per heavy atom. The zero-order valence-electron chi connectivity index (χ0n) is 10.5. The molecular formula is C15H21NO. The van der Waals surface area contributed by atoms with Crippen LogP contribution in [0.25, 0.3) is 0 Å². The number of benzene rings is 1. The second-order valence-electron chi connectivity index (χ2n) is 5.51. The number of rotatable bonds is 2. The average Bonchev–Trinajstić information content (AvgIpc) is 2.75. The van der Waals surface area contributed by atoms with E-state index in [1.165, 1.54) is 24.8 Å². The van der Waals surface area contributed by atoms with E-state index in [1.807, 2.05) is 0 Å². The fourth-order valence-electron chi connectivity index (χ4n) is 3.16. The van der Waals surface area contributed by atoms with E-state index in [-0.39, 0.29) is 0 Å². The lowest BCUT2D eigenvalue weighted by Crippen LogP contribution is -2.34. The molecule has 3 atom stereocenters. The van der Waals surface area contributed by atoms with Gasteiger partial charge in [0.25, 0.3) is 0 Å². The molecule has 1 aliphatic carbocycles. The molecule has 17 heavy (non-hydrogen) atoms. The van der Waals surface area contributed by atoms with Crippen molar-refractivity contribution in [3.63, 3.8) is 0 Å². The summed E-state index contributed by atoms with van der Waals surface area (Å²) in [6, 6.07) is 9.65. The molecule has 92 valence electrons. The van der Waals surface area contributed by atoms with Crippen LogP contribution in [0.15, 0.2) is 24.3 Å². The van der Waals surface area contributed by atoms with Gasteiger partial charge in [0.05, 0.1) is 6.61 Å². The summed E-state index contributed by atoms with van der Waals surface area (Å²) in [7, 11) is 0. The summed E-state index contributed by atoms with van der Waals surface area (Å²) in [5.41, 5.74) is 1.35. The van der Waals surface area contributed by atoms with Gasteiger partial charge in [0.2, 0.25) is 0 Å². The molecule has 1 fully saturated rings. The predicted molar refractivity (Wildman–Crippen MR) is 69.2 cm³/mol. The number of nitrogens with one attached hydrogen (secondary N) is 1. The van der Waals surface area contributed by atoms with Crippen LogP contribution in [0.5, 0.6) is 5.75 Å². The molecule has 0 aromatic heterocycles. The Kier molecular flexibility index (Phi) is 3.06. The maximum Gasteiger partial charge on any atom is 0.124 e. The SMILES string of the molecule is CC1CCC(NC2CCOc3ccccc32)C1. The van der Waals surface area contributed by atoms with Gasteiger partial charge in [0.1, 0.15) is 5.75 Å². The number of para-hydroxylation sites is 1. The zero-order chi connectivity index (χ0) is 11.7. The first-order valence-electron chi connectivity index (χ1n) is 6.80. The fraction of sp³-hybridized carbons (Fsp3) is 0.600. The Labute approximate surface area is 103 Å². The summed E-state index contributed by atoms with van der Waals surface area (Å²) in [5.74, 6) is 1.96. The third kappa shape index (κ3) is 2.32. The molecule has 0 radical (unpaired) electrons. The summed E-state index contributed by atoms with van der Waals surface area (Å²) >= 11 is 0. The standard InChI is InChI=1S/C15H21NO/c1-11-6-7-12(10-11)16-14-8-9-17-15-5-3-2-4-13(14)15/h2-5,11-12,14,16H,6-10H2,1H3. The molecule has 1 aliphatic heterocycles. The Balaban J connectivity index is 1.72. The lowest BCUT2D eigenvalue weighted by atomic mass is 9.99. The summed E-state index contributed by atoms with van der Waals surface area (Å²) in [4.78, 5) is 0. The molecule has 1 aromatic rings. The van der Waals surface area contributed by atoms with Crippen LogP contribution < -0.4 is 10.1 Å². The molecule has 2 heteroatoms. The van der Waals surface area contributed by atoms with E-state index < -0.39 is 0 Å². The monoisotopic (exact) mass is 231 g/mol. The van der Waals surface area contributed by atoms with Crippen LogP contribution in [0.1, 0.15) is 44.2 Å². The molecule has 1 heterocycles. The van der Waals surface area contributed by atoms with Crippen LogP contribution in [-0.4, -0.2) is 12.6 Å². The van der Waals surface area contributed by atoms with Crippen molar-refractivity contribution in [2.75, 3.05) is 6.61 Å². The minimum atomic E-state index is 0.496. The maximum absolute atomic E-state index is 5.70. The van der Waals surface area contributed by atoms with Crippen LogP contribution in [0.4, 0.5) is 0 Å². The van der Waals surface area contributed by atoms with Crippen molar-refractivity contribution < 1.29 is 4.74 Å². The summed E-state index contributed by atoms with van der Waals surface area (Å²) < 4.78 is 5.70. The van der Waals surface area contributed by atoms with Gasteiger partial charge < -0.3 is 10.1 Å². The van der Waals surface area contributed by atoms with E-state index >= 15 is 0 Å². The second kappa shape index (κ2) is 4.69. The van der Waals surface area contributed by atoms with Gasteiger partial charge in [-0.15, -0.1) is 0 Å². The molecule has 1 aromatic carbocycles. The van der Waals surface area contributed by atoms with E-state index in [2.05, 4.69) is 36.5 Å². The Morgan fingerprint density at radius 1 is 1.18 bits per heavy atom. The van der Waals surface area contributed by atoms with Gasteiger partial charge in [-0.05, 0) is 31.2 Å². The molecule has 1 N–H and O–H groups in total. The molecular weight excluding hydrogens is 210 g/mol. The van der Waals surface area contributed by atoms with Crippen molar-refractivity contribution in [1.29, 1.82) is 0 Å². The van der Waals surface area contributed by atoms with Crippen molar-refractivity contribution in [2.24, 2.45) is 5.92 Å². The third-order valence-electron chi connectivity index (χ3n) is 4.09. The van der Waals surface area contributed by atoms with E-state index in [4.69, 9.17) is 4.74 Å². The molecule has 0 bridgehead atoms. The number of ether oxygens (including phenoxy) is 1. The van der Waals surface area contributed by atoms with Gasteiger partial charge in [-0.2, -0.15) is 0 Å². The highest BCUT2D eigenvalue weighted by Gasteiger charge is 2.27. The molecule has 2 nitrogen and oxygen atoms in total. The van der Waals surface area contributed by atoms with E-state index in [0.29, 0.717) is 12.1 Å². The third-order valence-corrected chi connectivity index (χ3v) is 4.09. The van der Waals surface area contributed by atoms with Gasteiger partial charge in [-0.3, -0.25) is 0 Å². The highest BCUT2D eigenvalue weighted by Crippen LogP contribution is 2.34. The topological polar surface area (TPSA) is 21.3 Å².